The van der Waals surface area contributed by atoms with Gasteiger partial charge in [-0.2, -0.15) is 0 Å². The second-order valence-corrected chi connectivity index (χ2v) is 5.08. The van der Waals surface area contributed by atoms with Gasteiger partial charge in [0.15, 0.2) is 0 Å². The Morgan fingerprint density at radius 3 is 2.68 bits per heavy atom. The van der Waals surface area contributed by atoms with E-state index >= 15 is 0 Å². The van der Waals surface area contributed by atoms with Crippen molar-refractivity contribution in [2.45, 2.75) is 26.3 Å². The van der Waals surface area contributed by atoms with Gasteiger partial charge in [-0.25, -0.2) is 0 Å². The summed E-state index contributed by atoms with van der Waals surface area (Å²) in [7, 11) is 0. The fourth-order valence-corrected chi connectivity index (χ4v) is 2.54. The van der Waals surface area contributed by atoms with Crippen LogP contribution in [0.5, 0.6) is 0 Å². The second-order valence-electron chi connectivity index (χ2n) is 5.08. The first-order valence-corrected chi connectivity index (χ1v) is 6.99. The van der Waals surface area contributed by atoms with Crippen LogP contribution >= 0.6 is 0 Å². The number of benzene rings is 1. The van der Waals surface area contributed by atoms with Crippen molar-refractivity contribution in [3.05, 3.63) is 29.8 Å². The highest BCUT2D eigenvalue weighted by Gasteiger charge is 2.28. The molecule has 0 spiro atoms. The van der Waals surface area contributed by atoms with Gasteiger partial charge in [-0.05, 0) is 25.0 Å². The Morgan fingerprint density at radius 2 is 2.05 bits per heavy atom. The molecule has 4 nitrogen and oxygen atoms in total. The third-order valence-electron chi connectivity index (χ3n) is 3.88. The topological polar surface area (TPSA) is 49.6 Å². The number of para-hydroxylation sites is 1. The first-order chi connectivity index (χ1) is 9.17. The quantitative estimate of drug-likeness (QED) is 0.887. The van der Waals surface area contributed by atoms with Gasteiger partial charge in [0.1, 0.15) is 0 Å². The standard InChI is InChI=1S/C15H23N3O/c1-3-13-6-4-5-7-14(13)18-9-8-17(11-15(18)19)12(2)10-16/h4-7,12H,3,8-11,16H2,1-2H3. The number of rotatable bonds is 4. The number of piperazine rings is 1. The third kappa shape index (κ3) is 2.96. The van der Waals surface area contributed by atoms with Gasteiger partial charge in [0, 0.05) is 31.4 Å². The molecule has 2 N–H and O–H groups in total. The molecular weight excluding hydrogens is 238 g/mol. The van der Waals surface area contributed by atoms with Crippen LogP contribution in [0, 0.1) is 0 Å². The lowest BCUT2D eigenvalue weighted by molar-refractivity contribution is -0.121. The number of hydrogen-bond donors (Lipinski definition) is 1. The summed E-state index contributed by atoms with van der Waals surface area (Å²) in [5, 5.41) is 0. The summed E-state index contributed by atoms with van der Waals surface area (Å²) in [5.74, 6) is 0.174. The van der Waals surface area contributed by atoms with E-state index < -0.39 is 0 Å². The number of hydrogen-bond acceptors (Lipinski definition) is 3. The molecule has 1 aliphatic heterocycles. The fourth-order valence-electron chi connectivity index (χ4n) is 2.54. The number of carbonyl (C=O) groups is 1. The molecule has 1 amide bonds. The lowest BCUT2D eigenvalue weighted by atomic mass is 10.1. The van der Waals surface area contributed by atoms with E-state index in [-0.39, 0.29) is 11.9 Å². The number of amides is 1. The maximum absolute atomic E-state index is 12.3. The SMILES string of the molecule is CCc1ccccc1N1CCN(C(C)CN)CC1=O. The van der Waals surface area contributed by atoms with Crippen molar-refractivity contribution < 1.29 is 4.79 Å². The van der Waals surface area contributed by atoms with E-state index in [1.165, 1.54) is 5.56 Å². The van der Waals surface area contributed by atoms with E-state index in [1.54, 1.807) is 0 Å². The number of aryl methyl sites for hydroxylation is 1. The van der Waals surface area contributed by atoms with Crippen molar-refractivity contribution in [1.29, 1.82) is 0 Å². The first-order valence-electron chi connectivity index (χ1n) is 6.99. The number of nitrogens with zero attached hydrogens (tertiary/aromatic N) is 2. The van der Waals surface area contributed by atoms with Crippen molar-refractivity contribution in [2.24, 2.45) is 5.73 Å². The molecule has 1 aromatic rings. The Kier molecular flexibility index (Phi) is 4.56. The molecule has 2 rings (SSSR count). The summed E-state index contributed by atoms with van der Waals surface area (Å²) >= 11 is 0. The van der Waals surface area contributed by atoms with Gasteiger partial charge in [0.25, 0.3) is 0 Å². The molecule has 19 heavy (non-hydrogen) atoms. The van der Waals surface area contributed by atoms with Crippen LogP contribution in [0.15, 0.2) is 24.3 Å². The van der Waals surface area contributed by atoms with Gasteiger partial charge in [-0.15, -0.1) is 0 Å². The summed E-state index contributed by atoms with van der Waals surface area (Å²) < 4.78 is 0. The predicted octanol–water partition coefficient (Wildman–Crippen LogP) is 1.24. The van der Waals surface area contributed by atoms with Crippen LogP contribution in [-0.2, 0) is 11.2 Å². The molecule has 1 fully saturated rings. The van der Waals surface area contributed by atoms with Crippen molar-refractivity contribution in [2.75, 3.05) is 31.1 Å². The van der Waals surface area contributed by atoms with Gasteiger partial charge in [0.2, 0.25) is 5.91 Å². The van der Waals surface area contributed by atoms with Crippen LogP contribution in [0.3, 0.4) is 0 Å². The Balaban J connectivity index is 2.14. The minimum atomic E-state index is 0.174. The average Bonchev–Trinajstić information content (AvgIpc) is 2.46. The molecule has 1 saturated heterocycles. The van der Waals surface area contributed by atoms with Crippen LogP contribution in [0.2, 0.25) is 0 Å². The second kappa shape index (κ2) is 6.17. The number of carbonyl (C=O) groups excluding carboxylic acids is 1. The lowest BCUT2D eigenvalue weighted by Gasteiger charge is -2.37. The molecule has 0 aliphatic carbocycles. The molecule has 0 aromatic heterocycles. The highest BCUT2D eigenvalue weighted by Crippen LogP contribution is 2.23. The maximum atomic E-state index is 12.3. The molecule has 1 unspecified atom stereocenters. The van der Waals surface area contributed by atoms with Crippen LogP contribution in [-0.4, -0.2) is 43.0 Å². The summed E-state index contributed by atoms with van der Waals surface area (Å²) in [4.78, 5) is 16.4. The lowest BCUT2D eigenvalue weighted by Crippen LogP contribution is -2.54. The van der Waals surface area contributed by atoms with E-state index in [0.29, 0.717) is 13.1 Å². The minimum absolute atomic E-state index is 0.174. The van der Waals surface area contributed by atoms with Crippen molar-refractivity contribution in [3.63, 3.8) is 0 Å². The zero-order valence-electron chi connectivity index (χ0n) is 11.8. The Labute approximate surface area is 115 Å². The maximum Gasteiger partial charge on any atom is 0.241 e. The Hall–Kier alpha value is -1.39. The van der Waals surface area contributed by atoms with E-state index in [1.807, 2.05) is 23.1 Å². The number of anilines is 1. The highest BCUT2D eigenvalue weighted by atomic mass is 16.2. The van der Waals surface area contributed by atoms with Crippen LogP contribution in [0.1, 0.15) is 19.4 Å². The molecule has 1 aromatic carbocycles. The minimum Gasteiger partial charge on any atom is -0.329 e. The molecule has 4 heteroatoms. The van der Waals surface area contributed by atoms with Crippen molar-refractivity contribution in [3.8, 4) is 0 Å². The van der Waals surface area contributed by atoms with Crippen molar-refractivity contribution >= 4 is 11.6 Å². The molecule has 1 atom stereocenters. The van der Waals surface area contributed by atoms with E-state index in [9.17, 15) is 4.79 Å². The summed E-state index contributed by atoms with van der Waals surface area (Å²) in [6.07, 6.45) is 0.947. The van der Waals surface area contributed by atoms with Crippen LogP contribution < -0.4 is 10.6 Å². The molecule has 1 aliphatic rings. The van der Waals surface area contributed by atoms with Crippen LogP contribution in [0.4, 0.5) is 5.69 Å². The van der Waals surface area contributed by atoms with Gasteiger partial charge in [-0.3, -0.25) is 9.69 Å². The van der Waals surface area contributed by atoms with Crippen molar-refractivity contribution in [1.82, 2.24) is 4.90 Å². The zero-order valence-corrected chi connectivity index (χ0v) is 11.8. The molecule has 1 heterocycles. The summed E-state index contributed by atoms with van der Waals surface area (Å²) in [5.41, 5.74) is 7.97. The molecule has 0 radical (unpaired) electrons. The third-order valence-corrected chi connectivity index (χ3v) is 3.88. The first kappa shape index (κ1) is 14.0. The largest absolute Gasteiger partial charge is 0.329 e. The monoisotopic (exact) mass is 261 g/mol. The highest BCUT2D eigenvalue weighted by molar-refractivity contribution is 5.96. The van der Waals surface area contributed by atoms with E-state index in [0.717, 1.165) is 25.2 Å². The summed E-state index contributed by atoms with van der Waals surface area (Å²) in [6, 6.07) is 8.43. The van der Waals surface area contributed by atoms with E-state index in [4.69, 9.17) is 5.73 Å². The summed E-state index contributed by atoms with van der Waals surface area (Å²) in [6.45, 7) is 6.90. The normalized spacial score (nSPS) is 18.7. The Morgan fingerprint density at radius 1 is 1.32 bits per heavy atom. The van der Waals surface area contributed by atoms with Gasteiger partial charge in [-0.1, -0.05) is 25.1 Å². The molecular formula is C15H23N3O. The Bertz CT molecular complexity index is 447. The average molecular weight is 261 g/mol. The zero-order chi connectivity index (χ0) is 13.8. The predicted molar refractivity (Wildman–Crippen MR) is 78.3 cm³/mol. The molecule has 0 saturated carbocycles. The smallest absolute Gasteiger partial charge is 0.241 e. The van der Waals surface area contributed by atoms with Crippen LogP contribution in [0.25, 0.3) is 0 Å². The molecule has 104 valence electrons. The van der Waals surface area contributed by atoms with Gasteiger partial charge in [0.05, 0.1) is 6.54 Å². The number of nitrogens with two attached hydrogens (primary N) is 1. The van der Waals surface area contributed by atoms with Gasteiger partial charge >= 0.3 is 0 Å². The van der Waals surface area contributed by atoms with Gasteiger partial charge < -0.3 is 10.6 Å². The van der Waals surface area contributed by atoms with E-state index in [2.05, 4.69) is 24.8 Å². The fraction of sp³-hybridized carbons (Fsp3) is 0.533. The molecule has 0 bridgehead atoms.